The Labute approximate surface area is 179 Å². The molecule has 31 heavy (non-hydrogen) atoms. The number of carbonyl (C=O) groups is 2. The second-order valence-corrected chi connectivity index (χ2v) is 6.80. The van der Waals surface area contributed by atoms with E-state index in [0.29, 0.717) is 22.6 Å². The molecule has 3 aromatic rings. The van der Waals surface area contributed by atoms with Crippen molar-refractivity contribution in [1.29, 1.82) is 5.26 Å². The van der Waals surface area contributed by atoms with E-state index in [2.05, 4.69) is 4.98 Å². The summed E-state index contributed by atoms with van der Waals surface area (Å²) >= 11 is 0. The van der Waals surface area contributed by atoms with Gasteiger partial charge in [0.05, 0.1) is 7.11 Å². The summed E-state index contributed by atoms with van der Waals surface area (Å²) in [7, 11) is 1.48. The average molecular weight is 418 g/mol. The second kappa shape index (κ2) is 9.63. The highest BCUT2D eigenvalue weighted by molar-refractivity contribution is 6.11. The van der Waals surface area contributed by atoms with Crippen LogP contribution in [0.15, 0.2) is 48.5 Å². The number of nitrogens with one attached hydrogen (secondary N) is 1. The number of hydrogen-bond acceptors (Lipinski definition) is 6. The highest BCUT2D eigenvalue weighted by Gasteiger charge is 2.23. The van der Waals surface area contributed by atoms with Crippen molar-refractivity contribution in [2.45, 2.75) is 20.0 Å². The zero-order valence-corrected chi connectivity index (χ0v) is 17.5. The molecule has 0 amide bonds. The maximum absolute atomic E-state index is 12.9. The first kappa shape index (κ1) is 21.7. The van der Waals surface area contributed by atoms with Crippen LogP contribution in [0, 0.1) is 18.3 Å². The number of ether oxygens (including phenoxy) is 3. The number of nitrogens with zero attached hydrogens (tertiary/aromatic N) is 1. The molecule has 0 fully saturated rings. The molecule has 0 aliphatic rings. The van der Waals surface area contributed by atoms with Crippen molar-refractivity contribution in [3.05, 3.63) is 65.4 Å². The molecule has 0 unspecified atom stereocenters. The summed E-state index contributed by atoms with van der Waals surface area (Å²) in [5, 5.41) is 9.43. The van der Waals surface area contributed by atoms with Gasteiger partial charge in [-0.1, -0.05) is 24.3 Å². The van der Waals surface area contributed by atoms with Crippen molar-refractivity contribution in [3.8, 4) is 17.6 Å². The van der Waals surface area contributed by atoms with Crippen LogP contribution >= 0.6 is 0 Å². The van der Waals surface area contributed by atoms with Gasteiger partial charge >= 0.3 is 5.97 Å². The number of carbonyl (C=O) groups excluding carboxylic acids is 2. The van der Waals surface area contributed by atoms with Crippen LogP contribution in [0.5, 0.6) is 11.5 Å². The summed E-state index contributed by atoms with van der Waals surface area (Å²) < 4.78 is 15.8. The number of benzene rings is 2. The minimum Gasteiger partial charge on any atom is -0.493 e. The predicted octanol–water partition coefficient (Wildman–Crippen LogP) is 4.22. The number of ketones is 1. The summed E-state index contributed by atoms with van der Waals surface area (Å²) in [6.45, 7) is 3.28. The van der Waals surface area contributed by atoms with Gasteiger partial charge in [-0.3, -0.25) is 4.79 Å². The maximum atomic E-state index is 12.9. The fourth-order valence-corrected chi connectivity index (χ4v) is 3.25. The maximum Gasteiger partial charge on any atom is 0.331 e. The van der Waals surface area contributed by atoms with Gasteiger partial charge in [0.2, 0.25) is 5.78 Å². The van der Waals surface area contributed by atoms with E-state index in [1.54, 1.807) is 31.2 Å². The van der Waals surface area contributed by atoms with Gasteiger partial charge in [-0.05, 0) is 43.7 Å². The molecule has 3 rings (SSSR count). The van der Waals surface area contributed by atoms with Gasteiger partial charge in [-0.25, -0.2) is 4.79 Å². The van der Waals surface area contributed by atoms with E-state index >= 15 is 0 Å². The Balaban J connectivity index is 1.68. The summed E-state index contributed by atoms with van der Waals surface area (Å²) in [6.07, 6.45) is 1.86. The number of fused-ring (bicyclic) bond motifs is 1. The molecular weight excluding hydrogens is 396 g/mol. The fraction of sp³-hybridized carbons (Fsp3) is 0.208. The van der Waals surface area contributed by atoms with E-state index in [9.17, 15) is 9.59 Å². The van der Waals surface area contributed by atoms with Gasteiger partial charge in [0.25, 0.3) is 0 Å². The fourth-order valence-electron chi connectivity index (χ4n) is 3.25. The van der Waals surface area contributed by atoms with E-state index in [1.807, 2.05) is 37.3 Å². The van der Waals surface area contributed by atoms with Crippen LogP contribution in [0.4, 0.5) is 0 Å². The predicted molar refractivity (Wildman–Crippen MR) is 116 cm³/mol. The van der Waals surface area contributed by atoms with Crippen LogP contribution in [0.25, 0.3) is 17.0 Å². The molecule has 7 heteroatoms. The molecule has 1 atom stereocenters. The van der Waals surface area contributed by atoms with Gasteiger partial charge < -0.3 is 19.2 Å². The number of Topliss-reactive ketones (excluding diaryl/α,β-unsaturated/α-hetero) is 1. The quantitative estimate of drug-likeness (QED) is 0.334. The van der Waals surface area contributed by atoms with Gasteiger partial charge in [0.15, 0.2) is 24.2 Å². The third kappa shape index (κ3) is 4.93. The minimum atomic E-state index is -0.939. The van der Waals surface area contributed by atoms with Crippen molar-refractivity contribution >= 4 is 28.7 Å². The number of rotatable bonds is 8. The van der Waals surface area contributed by atoms with Crippen LogP contribution in [-0.2, 0) is 9.53 Å². The van der Waals surface area contributed by atoms with Crippen LogP contribution in [-0.4, -0.2) is 36.6 Å². The lowest BCUT2D eigenvalue weighted by Gasteiger charge is -2.11. The summed E-state index contributed by atoms with van der Waals surface area (Å²) in [5.74, 6) is -0.0410. The lowest BCUT2D eigenvalue weighted by molar-refractivity contribution is -0.140. The molecule has 1 heterocycles. The Morgan fingerprint density at radius 2 is 1.97 bits per heavy atom. The molecule has 2 aromatic carbocycles. The first-order valence-corrected chi connectivity index (χ1v) is 9.62. The Bertz CT molecular complexity index is 1190. The second-order valence-electron chi connectivity index (χ2n) is 6.80. The standard InChI is InChI=1S/C24H22N2O5/c1-15-23(18-6-4-5-7-19(18)26-15)24(28)16(2)31-22(27)11-9-17-8-10-20(30-13-12-25)21(14-17)29-3/h4-11,14,16,26H,13H2,1-3H3/b11-9+/t16-/m1/s1. The van der Waals surface area contributed by atoms with Gasteiger partial charge in [0, 0.05) is 28.2 Å². The average Bonchev–Trinajstić information content (AvgIpc) is 3.11. The number of nitriles is 1. The molecule has 0 radical (unpaired) electrons. The van der Waals surface area contributed by atoms with E-state index in [4.69, 9.17) is 19.5 Å². The smallest absolute Gasteiger partial charge is 0.331 e. The summed E-state index contributed by atoms with van der Waals surface area (Å²) in [4.78, 5) is 28.3. The van der Waals surface area contributed by atoms with E-state index < -0.39 is 12.1 Å². The molecule has 0 aliphatic carbocycles. The van der Waals surface area contributed by atoms with Crippen molar-refractivity contribution in [2.75, 3.05) is 13.7 Å². The van der Waals surface area contributed by atoms with Crippen LogP contribution in [0.2, 0.25) is 0 Å². The normalized spacial score (nSPS) is 11.8. The zero-order chi connectivity index (χ0) is 22.4. The Morgan fingerprint density at radius 3 is 2.71 bits per heavy atom. The van der Waals surface area contributed by atoms with Gasteiger partial charge in [0.1, 0.15) is 6.07 Å². The van der Waals surface area contributed by atoms with E-state index in [1.165, 1.54) is 13.2 Å². The largest absolute Gasteiger partial charge is 0.493 e. The summed E-state index contributed by atoms with van der Waals surface area (Å²) in [5.41, 5.74) is 2.79. The molecule has 0 aliphatic heterocycles. The van der Waals surface area contributed by atoms with Gasteiger partial charge in [-0.15, -0.1) is 0 Å². The molecule has 1 aromatic heterocycles. The molecule has 158 valence electrons. The number of methoxy groups -OCH3 is 1. The molecule has 0 saturated heterocycles. The molecular formula is C24H22N2O5. The van der Waals surface area contributed by atoms with Crippen molar-refractivity contribution in [1.82, 2.24) is 4.98 Å². The molecule has 0 spiro atoms. The summed E-state index contributed by atoms with van der Waals surface area (Å²) in [6, 6.07) is 14.4. The van der Waals surface area contributed by atoms with E-state index in [-0.39, 0.29) is 12.4 Å². The molecule has 0 bridgehead atoms. The number of aromatic nitrogens is 1. The number of H-pyrrole nitrogens is 1. The Kier molecular flexibility index (Phi) is 6.73. The van der Waals surface area contributed by atoms with Crippen molar-refractivity contribution in [3.63, 3.8) is 0 Å². The van der Waals surface area contributed by atoms with Gasteiger partial charge in [-0.2, -0.15) is 5.26 Å². The monoisotopic (exact) mass is 418 g/mol. The van der Waals surface area contributed by atoms with E-state index in [0.717, 1.165) is 16.6 Å². The highest BCUT2D eigenvalue weighted by Crippen LogP contribution is 2.28. The molecule has 1 N–H and O–H groups in total. The number of aromatic amines is 1. The van der Waals surface area contributed by atoms with Crippen molar-refractivity contribution < 1.29 is 23.8 Å². The minimum absolute atomic E-state index is 0.0975. The third-order valence-corrected chi connectivity index (χ3v) is 4.69. The number of hydrogen-bond donors (Lipinski definition) is 1. The van der Waals surface area contributed by atoms with Crippen LogP contribution < -0.4 is 9.47 Å². The van der Waals surface area contributed by atoms with Crippen molar-refractivity contribution in [2.24, 2.45) is 0 Å². The first-order chi connectivity index (χ1) is 14.9. The zero-order valence-electron chi connectivity index (χ0n) is 17.5. The topological polar surface area (TPSA) is 101 Å². The highest BCUT2D eigenvalue weighted by atomic mass is 16.5. The number of esters is 1. The lowest BCUT2D eigenvalue weighted by Crippen LogP contribution is -2.24. The number of aryl methyl sites for hydroxylation is 1. The first-order valence-electron chi connectivity index (χ1n) is 9.62. The van der Waals surface area contributed by atoms with Crippen LogP contribution in [0.3, 0.4) is 0 Å². The Morgan fingerprint density at radius 1 is 1.19 bits per heavy atom. The Hall–Kier alpha value is -4.05. The SMILES string of the molecule is COc1cc(/C=C/C(=O)O[C@H](C)C(=O)c2c(C)[nH]c3ccccc23)ccc1OCC#N. The van der Waals surface area contributed by atoms with Crippen LogP contribution in [0.1, 0.15) is 28.5 Å². The third-order valence-electron chi connectivity index (χ3n) is 4.69. The number of para-hydroxylation sites is 1. The lowest BCUT2D eigenvalue weighted by atomic mass is 10.0. The molecule has 7 nitrogen and oxygen atoms in total. The molecule has 0 saturated carbocycles.